The molecule has 1 amide bonds. The number of hydrogen-bond donors (Lipinski definition) is 1. The molecule has 33 heavy (non-hydrogen) atoms. The van der Waals surface area contributed by atoms with E-state index in [1.54, 1.807) is 42.5 Å². The van der Waals surface area contributed by atoms with Crippen molar-refractivity contribution in [3.05, 3.63) is 77.2 Å². The molecule has 0 bridgehead atoms. The van der Waals surface area contributed by atoms with Crippen LogP contribution in [0.3, 0.4) is 0 Å². The Bertz CT molecular complexity index is 1340. The van der Waals surface area contributed by atoms with Crippen LogP contribution in [-0.2, 0) is 6.54 Å². The van der Waals surface area contributed by atoms with Crippen molar-refractivity contribution in [2.75, 3.05) is 7.05 Å². The van der Waals surface area contributed by atoms with Crippen LogP contribution in [0.25, 0.3) is 22.0 Å². The number of nitrogens with zero attached hydrogens (tertiary/aromatic N) is 3. The van der Waals surface area contributed by atoms with E-state index in [1.807, 2.05) is 6.92 Å². The summed E-state index contributed by atoms with van der Waals surface area (Å²) < 4.78 is 33.6. The van der Waals surface area contributed by atoms with Gasteiger partial charge in [0.2, 0.25) is 0 Å². The SMILES string of the molecule is Cc1ncc(CN(C)C(=O)c2ccc(-c3cc(F)cc(F)c3)c(OC3CC3)c2)c2[nH]ncc12. The van der Waals surface area contributed by atoms with Crippen molar-refractivity contribution in [3.8, 4) is 16.9 Å². The highest BCUT2D eigenvalue weighted by molar-refractivity contribution is 5.96. The van der Waals surface area contributed by atoms with Crippen LogP contribution in [0.1, 0.15) is 34.5 Å². The molecule has 0 unspecified atom stereocenters. The predicted octanol–water partition coefficient (Wildman–Crippen LogP) is 5.02. The Hall–Kier alpha value is -3.81. The van der Waals surface area contributed by atoms with Gasteiger partial charge in [0.15, 0.2) is 0 Å². The van der Waals surface area contributed by atoms with Crippen LogP contribution in [-0.4, -0.2) is 39.1 Å². The molecular formula is C25H22F2N4O2. The Labute approximate surface area is 189 Å². The van der Waals surface area contributed by atoms with E-state index in [4.69, 9.17) is 4.74 Å². The number of pyridine rings is 1. The molecule has 0 atom stereocenters. The summed E-state index contributed by atoms with van der Waals surface area (Å²) in [5, 5.41) is 7.98. The van der Waals surface area contributed by atoms with Gasteiger partial charge in [0, 0.05) is 53.6 Å². The molecule has 0 spiro atoms. The topological polar surface area (TPSA) is 71.1 Å². The normalized spacial score (nSPS) is 13.3. The van der Waals surface area contributed by atoms with E-state index < -0.39 is 11.6 Å². The summed E-state index contributed by atoms with van der Waals surface area (Å²) in [7, 11) is 1.71. The van der Waals surface area contributed by atoms with Gasteiger partial charge < -0.3 is 9.64 Å². The van der Waals surface area contributed by atoms with Gasteiger partial charge in [-0.25, -0.2) is 8.78 Å². The number of H-pyrrole nitrogens is 1. The van der Waals surface area contributed by atoms with E-state index in [1.165, 1.54) is 12.1 Å². The van der Waals surface area contributed by atoms with E-state index in [2.05, 4.69) is 15.2 Å². The fraction of sp³-hybridized carbons (Fsp3) is 0.240. The van der Waals surface area contributed by atoms with Crippen molar-refractivity contribution in [1.29, 1.82) is 0 Å². The number of carbonyl (C=O) groups excluding carboxylic acids is 1. The molecule has 2 aromatic carbocycles. The second-order valence-corrected chi connectivity index (χ2v) is 8.38. The van der Waals surface area contributed by atoms with E-state index in [9.17, 15) is 13.6 Å². The Morgan fingerprint density at radius 1 is 1.15 bits per heavy atom. The number of aromatic nitrogens is 3. The molecule has 2 aromatic heterocycles. The van der Waals surface area contributed by atoms with Gasteiger partial charge in [-0.2, -0.15) is 5.10 Å². The zero-order valence-electron chi connectivity index (χ0n) is 18.2. The number of aryl methyl sites for hydroxylation is 1. The van der Waals surface area contributed by atoms with E-state index in [0.29, 0.717) is 29.0 Å². The molecule has 1 saturated carbocycles. The molecule has 168 valence electrons. The van der Waals surface area contributed by atoms with Crippen molar-refractivity contribution in [1.82, 2.24) is 20.1 Å². The number of ether oxygens (including phenoxy) is 1. The van der Waals surface area contributed by atoms with E-state index in [-0.39, 0.29) is 12.0 Å². The fourth-order valence-electron chi connectivity index (χ4n) is 3.85. The van der Waals surface area contributed by atoms with Crippen LogP contribution >= 0.6 is 0 Å². The molecule has 5 rings (SSSR count). The summed E-state index contributed by atoms with van der Waals surface area (Å²) in [6, 6.07) is 8.31. The quantitative estimate of drug-likeness (QED) is 0.449. The van der Waals surface area contributed by atoms with Crippen LogP contribution in [0.2, 0.25) is 0 Å². The third-order valence-corrected chi connectivity index (χ3v) is 5.74. The summed E-state index contributed by atoms with van der Waals surface area (Å²) in [6.45, 7) is 2.24. The molecule has 4 aromatic rings. The first-order valence-corrected chi connectivity index (χ1v) is 10.7. The van der Waals surface area contributed by atoms with Crippen LogP contribution in [0.5, 0.6) is 5.75 Å². The maximum Gasteiger partial charge on any atom is 0.254 e. The maximum absolute atomic E-state index is 13.8. The third-order valence-electron chi connectivity index (χ3n) is 5.74. The Morgan fingerprint density at radius 2 is 1.91 bits per heavy atom. The first-order valence-electron chi connectivity index (χ1n) is 10.7. The zero-order valence-corrected chi connectivity index (χ0v) is 18.2. The number of carbonyl (C=O) groups is 1. The number of aromatic amines is 1. The molecule has 2 heterocycles. The Balaban J connectivity index is 1.44. The average molecular weight is 448 g/mol. The molecule has 8 heteroatoms. The second kappa shape index (κ2) is 8.27. The van der Waals surface area contributed by atoms with Gasteiger partial charge in [0.05, 0.1) is 17.8 Å². The van der Waals surface area contributed by atoms with Crippen LogP contribution in [0.15, 0.2) is 48.8 Å². The van der Waals surface area contributed by atoms with Crippen molar-refractivity contribution in [3.63, 3.8) is 0 Å². The van der Waals surface area contributed by atoms with Crippen LogP contribution in [0, 0.1) is 18.6 Å². The number of benzene rings is 2. The number of fused-ring (bicyclic) bond motifs is 1. The third kappa shape index (κ3) is 4.28. The minimum Gasteiger partial charge on any atom is -0.490 e. The van der Waals surface area contributed by atoms with Gasteiger partial charge in [0.25, 0.3) is 5.91 Å². The lowest BCUT2D eigenvalue weighted by Crippen LogP contribution is -2.26. The molecule has 0 saturated heterocycles. The summed E-state index contributed by atoms with van der Waals surface area (Å²) in [5.74, 6) is -1.10. The monoisotopic (exact) mass is 448 g/mol. The molecule has 0 radical (unpaired) electrons. The largest absolute Gasteiger partial charge is 0.490 e. The summed E-state index contributed by atoms with van der Waals surface area (Å²) in [4.78, 5) is 19.2. The number of hydrogen-bond acceptors (Lipinski definition) is 4. The first kappa shape index (κ1) is 21.1. The van der Waals surface area contributed by atoms with Crippen molar-refractivity contribution in [2.24, 2.45) is 0 Å². The van der Waals surface area contributed by atoms with Crippen molar-refractivity contribution in [2.45, 2.75) is 32.4 Å². The highest BCUT2D eigenvalue weighted by Crippen LogP contribution is 2.36. The standard InChI is InChI=1S/C25H22F2N4O2/c1-14-22-12-29-30-24(22)17(11-28-14)13-31(2)25(32)15-3-6-21(23(9-15)33-20-4-5-20)16-7-18(26)10-19(27)8-16/h3,6-12,20H,4-5,13H2,1-2H3,(H,29,30). The molecular weight excluding hydrogens is 426 g/mol. The highest BCUT2D eigenvalue weighted by Gasteiger charge is 2.26. The number of halogens is 2. The van der Waals surface area contributed by atoms with Gasteiger partial charge in [-0.15, -0.1) is 0 Å². The Morgan fingerprint density at radius 3 is 2.64 bits per heavy atom. The highest BCUT2D eigenvalue weighted by atomic mass is 19.1. The van der Waals surface area contributed by atoms with Crippen molar-refractivity contribution >= 4 is 16.8 Å². The lowest BCUT2D eigenvalue weighted by atomic mass is 10.0. The fourth-order valence-corrected chi connectivity index (χ4v) is 3.85. The van der Waals surface area contributed by atoms with Crippen molar-refractivity contribution < 1.29 is 18.3 Å². The average Bonchev–Trinajstić information content (AvgIpc) is 3.45. The van der Waals surface area contributed by atoms with Gasteiger partial charge in [-0.3, -0.25) is 14.9 Å². The second-order valence-electron chi connectivity index (χ2n) is 8.38. The summed E-state index contributed by atoms with van der Waals surface area (Å²) >= 11 is 0. The van der Waals surface area contributed by atoms with Gasteiger partial charge in [-0.1, -0.05) is 0 Å². The molecule has 1 aliphatic carbocycles. The zero-order chi connectivity index (χ0) is 23.1. The van der Waals surface area contributed by atoms with E-state index >= 15 is 0 Å². The molecule has 0 aliphatic heterocycles. The molecule has 6 nitrogen and oxygen atoms in total. The van der Waals surface area contributed by atoms with Gasteiger partial charge in [-0.05, 0) is 55.7 Å². The predicted molar refractivity (Wildman–Crippen MR) is 120 cm³/mol. The van der Waals surface area contributed by atoms with Gasteiger partial charge in [0.1, 0.15) is 17.4 Å². The molecule has 1 fully saturated rings. The number of amides is 1. The summed E-state index contributed by atoms with van der Waals surface area (Å²) in [6.07, 6.45) is 5.34. The smallest absolute Gasteiger partial charge is 0.254 e. The summed E-state index contributed by atoms with van der Waals surface area (Å²) in [5.41, 5.74) is 3.90. The maximum atomic E-state index is 13.8. The van der Waals surface area contributed by atoms with Gasteiger partial charge >= 0.3 is 0 Å². The lowest BCUT2D eigenvalue weighted by Gasteiger charge is -2.19. The first-order chi connectivity index (χ1) is 15.9. The van der Waals surface area contributed by atoms with Crippen LogP contribution in [0.4, 0.5) is 8.78 Å². The minimum atomic E-state index is -0.668. The Kier molecular flexibility index (Phi) is 5.28. The minimum absolute atomic E-state index is 0.0533. The molecule has 1 aliphatic rings. The van der Waals surface area contributed by atoms with E-state index in [0.717, 1.165) is 41.1 Å². The molecule has 1 N–H and O–H groups in total. The lowest BCUT2D eigenvalue weighted by molar-refractivity contribution is 0.0785. The van der Waals surface area contributed by atoms with Crippen LogP contribution < -0.4 is 4.74 Å². The number of rotatable bonds is 6. The number of nitrogens with one attached hydrogen (secondary N) is 1.